The molecule has 0 aliphatic heterocycles. The molecule has 0 spiro atoms. The minimum Gasteiger partial charge on any atom is -0.495 e. The molecule has 142 valence electrons. The maximum atomic E-state index is 13.0. The summed E-state index contributed by atoms with van der Waals surface area (Å²) < 4.78 is 12.3. The lowest BCUT2D eigenvalue weighted by molar-refractivity contribution is -0.119. The largest absolute Gasteiger partial charge is 0.495 e. The van der Waals surface area contributed by atoms with Crippen molar-refractivity contribution in [3.05, 3.63) is 64.6 Å². The molecule has 2 heterocycles. The zero-order chi connectivity index (χ0) is 19.8. The molecule has 0 atom stereocenters. The highest BCUT2D eigenvalue weighted by Crippen LogP contribution is 2.29. The fourth-order valence-corrected chi connectivity index (χ4v) is 3.28. The molecule has 0 aliphatic rings. The molecular weight excluding hydrogens is 358 g/mol. The number of ether oxygens (including phenoxy) is 1. The van der Waals surface area contributed by atoms with Gasteiger partial charge in [-0.2, -0.15) is 5.10 Å². The first-order valence-electron chi connectivity index (χ1n) is 8.78. The topological polar surface area (TPSA) is 77.6 Å². The second-order valence-electron chi connectivity index (χ2n) is 6.58. The van der Waals surface area contributed by atoms with Gasteiger partial charge in [-0.1, -0.05) is 18.2 Å². The number of carbonyl (C=O) groups is 1. The van der Waals surface area contributed by atoms with Crippen LogP contribution in [-0.4, -0.2) is 29.8 Å². The van der Waals surface area contributed by atoms with Crippen LogP contribution >= 0.6 is 0 Å². The first kappa shape index (κ1) is 17.8. The maximum absolute atomic E-state index is 13.0. The van der Waals surface area contributed by atoms with Gasteiger partial charge in [0.05, 0.1) is 24.5 Å². The van der Waals surface area contributed by atoms with E-state index in [0.29, 0.717) is 27.9 Å². The summed E-state index contributed by atoms with van der Waals surface area (Å²) in [7, 11) is 3.26. The number of benzene rings is 2. The average molecular weight is 377 g/mol. The van der Waals surface area contributed by atoms with Crippen LogP contribution in [0.4, 0.5) is 5.69 Å². The van der Waals surface area contributed by atoms with Gasteiger partial charge in [-0.05, 0) is 36.8 Å². The smallest absolute Gasteiger partial charge is 0.347 e. The minimum atomic E-state index is -0.471. The highest BCUT2D eigenvalue weighted by molar-refractivity contribution is 6.03. The summed E-state index contributed by atoms with van der Waals surface area (Å²) in [4.78, 5) is 26.7. The van der Waals surface area contributed by atoms with Gasteiger partial charge < -0.3 is 14.1 Å². The third kappa shape index (κ3) is 2.90. The molecule has 0 aliphatic carbocycles. The Morgan fingerprint density at radius 1 is 1.21 bits per heavy atom. The van der Waals surface area contributed by atoms with Gasteiger partial charge >= 0.3 is 5.63 Å². The van der Waals surface area contributed by atoms with Crippen LogP contribution in [0.15, 0.2) is 57.9 Å². The fraction of sp³-hybridized carbons (Fsp3) is 0.190. The number of methoxy groups -OCH3 is 1. The Bertz CT molecular complexity index is 1260. The van der Waals surface area contributed by atoms with Gasteiger partial charge in [0.2, 0.25) is 5.91 Å². The fourth-order valence-electron chi connectivity index (χ4n) is 3.28. The van der Waals surface area contributed by atoms with E-state index < -0.39 is 5.63 Å². The van der Waals surface area contributed by atoms with E-state index in [1.165, 1.54) is 15.8 Å². The molecular formula is C21H19N3O4. The summed E-state index contributed by atoms with van der Waals surface area (Å²) >= 11 is 0. The average Bonchev–Trinajstić information content (AvgIpc) is 3.12. The Kier molecular flexibility index (Phi) is 4.35. The van der Waals surface area contributed by atoms with E-state index in [1.54, 1.807) is 26.3 Å². The number of aromatic nitrogens is 2. The summed E-state index contributed by atoms with van der Waals surface area (Å²) in [5.74, 6) is 0.420. The molecule has 0 saturated carbocycles. The van der Waals surface area contributed by atoms with Crippen molar-refractivity contribution in [2.75, 3.05) is 19.1 Å². The standard InChI is InChI=1S/C21H19N3O4/c1-13-8-9-18(27-3)16(10-13)23(2)19(25)12-24-20-14-6-4-5-7-17(14)28-21(26)15(20)11-22-24/h4-11H,12H2,1-3H3. The molecule has 0 unspecified atom stereocenters. The highest BCUT2D eigenvalue weighted by atomic mass is 16.5. The summed E-state index contributed by atoms with van der Waals surface area (Å²) in [5, 5.41) is 5.34. The molecule has 0 N–H and O–H groups in total. The first-order chi connectivity index (χ1) is 13.5. The summed E-state index contributed by atoms with van der Waals surface area (Å²) in [6.07, 6.45) is 1.44. The van der Waals surface area contributed by atoms with Gasteiger partial charge in [-0.15, -0.1) is 0 Å². The lowest BCUT2D eigenvalue weighted by Gasteiger charge is -2.20. The van der Waals surface area contributed by atoms with Gasteiger partial charge in [0, 0.05) is 12.4 Å². The Labute approximate surface area is 160 Å². The molecule has 0 bridgehead atoms. The number of anilines is 1. The number of likely N-dealkylation sites (N-methyl/N-ethyl adjacent to an activating group) is 1. The number of amides is 1. The van der Waals surface area contributed by atoms with Gasteiger partial charge in [-0.25, -0.2) is 4.79 Å². The summed E-state index contributed by atoms with van der Waals surface area (Å²) in [6, 6.07) is 12.9. The molecule has 28 heavy (non-hydrogen) atoms. The SMILES string of the molecule is COc1ccc(C)cc1N(C)C(=O)Cn1ncc2c(=O)oc3ccccc3c21. The molecule has 2 aromatic carbocycles. The second kappa shape index (κ2) is 6.84. The van der Waals surface area contributed by atoms with Gasteiger partial charge in [0.1, 0.15) is 23.3 Å². The lowest BCUT2D eigenvalue weighted by Crippen LogP contribution is -2.30. The van der Waals surface area contributed by atoms with Crippen LogP contribution in [0, 0.1) is 6.92 Å². The zero-order valence-electron chi connectivity index (χ0n) is 15.8. The van der Waals surface area contributed by atoms with Crippen LogP contribution in [0.3, 0.4) is 0 Å². The Balaban J connectivity index is 1.75. The number of para-hydroxylation sites is 1. The molecule has 0 radical (unpaired) electrons. The number of fused-ring (bicyclic) bond motifs is 3. The third-order valence-corrected chi connectivity index (χ3v) is 4.76. The quantitative estimate of drug-likeness (QED) is 0.511. The van der Waals surface area contributed by atoms with Crippen molar-refractivity contribution >= 4 is 33.5 Å². The van der Waals surface area contributed by atoms with Gasteiger partial charge in [-0.3, -0.25) is 9.48 Å². The monoisotopic (exact) mass is 377 g/mol. The van der Waals surface area contributed by atoms with E-state index in [1.807, 2.05) is 37.3 Å². The molecule has 7 heteroatoms. The maximum Gasteiger partial charge on any atom is 0.347 e. The van der Waals surface area contributed by atoms with Gasteiger partial charge in [0.15, 0.2) is 0 Å². The molecule has 2 aromatic heterocycles. The third-order valence-electron chi connectivity index (χ3n) is 4.76. The molecule has 4 aromatic rings. The van der Waals surface area contributed by atoms with Crippen LogP contribution < -0.4 is 15.3 Å². The van der Waals surface area contributed by atoms with E-state index >= 15 is 0 Å². The van der Waals surface area contributed by atoms with Crippen molar-refractivity contribution in [1.29, 1.82) is 0 Å². The predicted octanol–water partition coefficient (Wildman–Crippen LogP) is 3.12. The summed E-state index contributed by atoms with van der Waals surface area (Å²) in [6.45, 7) is 1.93. The van der Waals surface area contributed by atoms with E-state index in [0.717, 1.165) is 10.9 Å². The highest BCUT2D eigenvalue weighted by Gasteiger charge is 2.19. The zero-order valence-corrected chi connectivity index (χ0v) is 15.8. The number of nitrogens with zero attached hydrogens (tertiary/aromatic N) is 3. The second-order valence-corrected chi connectivity index (χ2v) is 6.58. The van der Waals surface area contributed by atoms with E-state index in [9.17, 15) is 9.59 Å². The molecule has 7 nitrogen and oxygen atoms in total. The predicted molar refractivity (Wildman–Crippen MR) is 107 cm³/mol. The Morgan fingerprint density at radius 3 is 2.79 bits per heavy atom. The molecule has 0 fully saturated rings. The Morgan fingerprint density at radius 2 is 2.00 bits per heavy atom. The number of hydrogen-bond acceptors (Lipinski definition) is 5. The molecule has 4 rings (SSSR count). The van der Waals surface area contributed by atoms with Crippen molar-refractivity contribution in [3.63, 3.8) is 0 Å². The van der Waals surface area contributed by atoms with E-state index in [2.05, 4.69) is 5.10 Å². The summed E-state index contributed by atoms with van der Waals surface area (Å²) in [5.41, 5.74) is 2.27. The van der Waals surface area contributed by atoms with E-state index in [-0.39, 0.29) is 12.5 Å². The Hall–Kier alpha value is -3.61. The van der Waals surface area contributed by atoms with Crippen LogP contribution in [0.1, 0.15) is 5.56 Å². The van der Waals surface area contributed by atoms with Crippen LogP contribution in [0.5, 0.6) is 5.75 Å². The van der Waals surface area contributed by atoms with Crippen molar-refractivity contribution in [1.82, 2.24) is 9.78 Å². The van der Waals surface area contributed by atoms with Crippen molar-refractivity contribution in [3.8, 4) is 5.75 Å². The van der Waals surface area contributed by atoms with Crippen LogP contribution in [0.25, 0.3) is 21.9 Å². The van der Waals surface area contributed by atoms with Crippen LogP contribution in [0.2, 0.25) is 0 Å². The number of rotatable bonds is 4. The minimum absolute atomic E-state index is 0.0233. The number of aryl methyl sites for hydroxylation is 1. The molecule has 0 saturated heterocycles. The van der Waals surface area contributed by atoms with Gasteiger partial charge in [0.25, 0.3) is 0 Å². The normalized spacial score (nSPS) is 11.1. The lowest BCUT2D eigenvalue weighted by atomic mass is 10.2. The van der Waals surface area contributed by atoms with Crippen molar-refractivity contribution in [2.24, 2.45) is 0 Å². The van der Waals surface area contributed by atoms with Crippen molar-refractivity contribution in [2.45, 2.75) is 13.5 Å². The van der Waals surface area contributed by atoms with Crippen molar-refractivity contribution < 1.29 is 13.9 Å². The van der Waals surface area contributed by atoms with Crippen LogP contribution in [-0.2, 0) is 11.3 Å². The number of hydrogen-bond donors (Lipinski definition) is 0. The number of carbonyl (C=O) groups excluding carboxylic acids is 1. The molecule has 1 amide bonds. The van der Waals surface area contributed by atoms with E-state index in [4.69, 9.17) is 9.15 Å². The first-order valence-corrected chi connectivity index (χ1v) is 8.78.